The first kappa shape index (κ1) is 14.8. The number of hydrogen-bond donors (Lipinski definition) is 1. The third kappa shape index (κ3) is 3.61. The van der Waals surface area contributed by atoms with Gasteiger partial charge in [-0.25, -0.2) is 0 Å². The summed E-state index contributed by atoms with van der Waals surface area (Å²) in [6.07, 6.45) is 0. The highest BCUT2D eigenvalue weighted by atomic mass is 15.2. The molecule has 1 aliphatic heterocycles. The fourth-order valence-corrected chi connectivity index (χ4v) is 2.19. The first-order chi connectivity index (χ1) is 8.68. The van der Waals surface area contributed by atoms with Crippen molar-refractivity contribution in [3.63, 3.8) is 0 Å². The number of benzene rings is 1. The SMILES string of the molecule is C=C(C)c1cc(N2CCNCC2)ccc1C.CC. The second-order valence-electron chi connectivity index (χ2n) is 4.52. The predicted molar refractivity (Wildman–Crippen MR) is 82.3 cm³/mol. The number of anilines is 1. The minimum Gasteiger partial charge on any atom is -0.369 e. The maximum atomic E-state index is 4.04. The van der Waals surface area contributed by atoms with Gasteiger partial charge in [0, 0.05) is 31.9 Å². The molecule has 0 bridgehead atoms. The molecular weight excluding hydrogens is 220 g/mol. The van der Waals surface area contributed by atoms with Crippen molar-refractivity contribution < 1.29 is 0 Å². The Hall–Kier alpha value is -1.28. The van der Waals surface area contributed by atoms with E-state index in [1.165, 1.54) is 16.8 Å². The molecule has 0 aliphatic carbocycles. The lowest BCUT2D eigenvalue weighted by atomic mass is 10.0. The standard InChI is InChI=1S/C14H20N2.C2H6/c1-11(2)14-10-13(5-4-12(14)3)16-8-6-15-7-9-16;1-2/h4-5,10,15H,1,6-9H2,2-3H3;1-2H3. The zero-order chi connectivity index (χ0) is 13.5. The van der Waals surface area contributed by atoms with Crippen molar-refractivity contribution in [2.75, 3.05) is 31.1 Å². The summed E-state index contributed by atoms with van der Waals surface area (Å²) in [5.74, 6) is 0. The molecule has 1 fully saturated rings. The lowest BCUT2D eigenvalue weighted by molar-refractivity contribution is 0.589. The molecule has 0 radical (unpaired) electrons. The molecular formula is C16H26N2. The summed E-state index contributed by atoms with van der Waals surface area (Å²) in [6.45, 7) is 16.6. The summed E-state index contributed by atoms with van der Waals surface area (Å²) in [7, 11) is 0. The normalized spacial score (nSPS) is 14.8. The Bertz CT molecular complexity index is 390. The monoisotopic (exact) mass is 246 g/mol. The molecule has 0 atom stereocenters. The Morgan fingerprint density at radius 1 is 1.22 bits per heavy atom. The van der Waals surface area contributed by atoms with Crippen LogP contribution in [0.5, 0.6) is 0 Å². The molecule has 18 heavy (non-hydrogen) atoms. The predicted octanol–water partition coefficient (Wildman–Crippen LogP) is 3.46. The minimum atomic E-state index is 1.08. The van der Waals surface area contributed by atoms with Crippen molar-refractivity contribution >= 4 is 11.3 Å². The average molecular weight is 246 g/mol. The fraction of sp³-hybridized carbons (Fsp3) is 0.500. The Balaban J connectivity index is 0.000000771. The average Bonchev–Trinajstić information content (AvgIpc) is 2.42. The Kier molecular flexibility index (Phi) is 5.93. The van der Waals surface area contributed by atoms with E-state index in [9.17, 15) is 0 Å². The number of rotatable bonds is 2. The number of aryl methyl sites for hydroxylation is 1. The van der Waals surface area contributed by atoms with E-state index in [1.807, 2.05) is 13.8 Å². The van der Waals surface area contributed by atoms with Crippen LogP contribution in [0.15, 0.2) is 24.8 Å². The molecule has 0 amide bonds. The maximum absolute atomic E-state index is 4.04. The van der Waals surface area contributed by atoms with E-state index < -0.39 is 0 Å². The number of nitrogens with one attached hydrogen (secondary N) is 1. The second kappa shape index (κ2) is 7.22. The third-order valence-corrected chi connectivity index (χ3v) is 3.16. The van der Waals surface area contributed by atoms with E-state index >= 15 is 0 Å². The van der Waals surface area contributed by atoms with Crippen molar-refractivity contribution in [1.29, 1.82) is 0 Å². The maximum Gasteiger partial charge on any atom is 0.0373 e. The van der Waals surface area contributed by atoms with Crippen LogP contribution in [0, 0.1) is 6.92 Å². The molecule has 0 saturated carbocycles. The molecule has 1 aliphatic rings. The van der Waals surface area contributed by atoms with Crippen LogP contribution in [0.1, 0.15) is 31.9 Å². The molecule has 100 valence electrons. The summed E-state index contributed by atoms with van der Waals surface area (Å²) in [6, 6.07) is 6.68. The van der Waals surface area contributed by atoms with Gasteiger partial charge >= 0.3 is 0 Å². The van der Waals surface area contributed by atoms with Gasteiger partial charge in [0.25, 0.3) is 0 Å². The van der Waals surface area contributed by atoms with Crippen molar-refractivity contribution in [2.45, 2.75) is 27.7 Å². The summed E-state index contributed by atoms with van der Waals surface area (Å²) < 4.78 is 0. The number of nitrogens with zero attached hydrogens (tertiary/aromatic N) is 1. The van der Waals surface area contributed by atoms with Crippen LogP contribution in [0.25, 0.3) is 5.57 Å². The van der Waals surface area contributed by atoms with Crippen LogP contribution >= 0.6 is 0 Å². The van der Waals surface area contributed by atoms with E-state index in [4.69, 9.17) is 0 Å². The fourth-order valence-electron chi connectivity index (χ4n) is 2.19. The van der Waals surface area contributed by atoms with Crippen LogP contribution in [0.2, 0.25) is 0 Å². The highest BCUT2D eigenvalue weighted by Gasteiger charge is 2.11. The molecule has 2 rings (SSSR count). The molecule has 1 saturated heterocycles. The third-order valence-electron chi connectivity index (χ3n) is 3.16. The van der Waals surface area contributed by atoms with Gasteiger partial charge in [0.05, 0.1) is 0 Å². The quantitative estimate of drug-likeness (QED) is 0.859. The molecule has 0 spiro atoms. The summed E-state index contributed by atoms with van der Waals surface area (Å²) >= 11 is 0. The Morgan fingerprint density at radius 2 is 1.83 bits per heavy atom. The van der Waals surface area contributed by atoms with Gasteiger partial charge in [0.15, 0.2) is 0 Å². The highest BCUT2D eigenvalue weighted by molar-refractivity contribution is 5.68. The van der Waals surface area contributed by atoms with Gasteiger partial charge in [-0.1, -0.05) is 32.1 Å². The van der Waals surface area contributed by atoms with Gasteiger partial charge in [-0.05, 0) is 37.1 Å². The van der Waals surface area contributed by atoms with Gasteiger partial charge in [-0.2, -0.15) is 0 Å². The van der Waals surface area contributed by atoms with Crippen LogP contribution in [0.3, 0.4) is 0 Å². The lowest BCUT2D eigenvalue weighted by Gasteiger charge is -2.30. The molecule has 2 heteroatoms. The number of allylic oxidation sites excluding steroid dienone is 1. The highest BCUT2D eigenvalue weighted by Crippen LogP contribution is 2.24. The minimum absolute atomic E-state index is 1.08. The van der Waals surface area contributed by atoms with E-state index in [0.717, 1.165) is 31.8 Å². The Labute approximate surface area is 112 Å². The van der Waals surface area contributed by atoms with Crippen molar-refractivity contribution in [3.8, 4) is 0 Å². The van der Waals surface area contributed by atoms with Crippen molar-refractivity contribution in [1.82, 2.24) is 5.32 Å². The van der Waals surface area contributed by atoms with Crippen LogP contribution in [-0.2, 0) is 0 Å². The zero-order valence-corrected chi connectivity index (χ0v) is 12.2. The molecule has 0 unspecified atom stereocenters. The van der Waals surface area contributed by atoms with E-state index in [1.54, 1.807) is 0 Å². The van der Waals surface area contributed by atoms with E-state index in [-0.39, 0.29) is 0 Å². The summed E-state index contributed by atoms with van der Waals surface area (Å²) in [4.78, 5) is 2.43. The van der Waals surface area contributed by atoms with Gasteiger partial charge in [-0.3, -0.25) is 0 Å². The van der Waals surface area contributed by atoms with Crippen molar-refractivity contribution in [2.24, 2.45) is 0 Å². The van der Waals surface area contributed by atoms with Crippen LogP contribution < -0.4 is 10.2 Å². The molecule has 1 heterocycles. The lowest BCUT2D eigenvalue weighted by Crippen LogP contribution is -2.43. The van der Waals surface area contributed by atoms with Crippen LogP contribution in [0.4, 0.5) is 5.69 Å². The first-order valence-corrected chi connectivity index (χ1v) is 6.90. The van der Waals surface area contributed by atoms with E-state index in [2.05, 4.69) is 48.8 Å². The number of piperazine rings is 1. The molecule has 1 aromatic carbocycles. The summed E-state index contributed by atoms with van der Waals surface area (Å²) in [5, 5.41) is 3.37. The van der Waals surface area contributed by atoms with Crippen molar-refractivity contribution in [3.05, 3.63) is 35.9 Å². The van der Waals surface area contributed by atoms with Gasteiger partial charge < -0.3 is 10.2 Å². The summed E-state index contributed by atoms with van der Waals surface area (Å²) in [5.41, 5.74) is 5.07. The van der Waals surface area contributed by atoms with Gasteiger partial charge in [-0.15, -0.1) is 0 Å². The largest absolute Gasteiger partial charge is 0.369 e. The Morgan fingerprint density at radius 3 is 2.39 bits per heavy atom. The van der Waals surface area contributed by atoms with Gasteiger partial charge in [0.2, 0.25) is 0 Å². The van der Waals surface area contributed by atoms with Gasteiger partial charge in [0.1, 0.15) is 0 Å². The smallest absolute Gasteiger partial charge is 0.0373 e. The topological polar surface area (TPSA) is 15.3 Å². The molecule has 2 nitrogen and oxygen atoms in total. The van der Waals surface area contributed by atoms with E-state index in [0.29, 0.717) is 0 Å². The molecule has 0 aromatic heterocycles. The second-order valence-corrected chi connectivity index (χ2v) is 4.52. The molecule has 1 N–H and O–H groups in total. The van der Waals surface area contributed by atoms with Crippen LogP contribution in [-0.4, -0.2) is 26.2 Å². The molecule has 1 aromatic rings. The first-order valence-electron chi connectivity index (χ1n) is 6.90. The number of hydrogen-bond acceptors (Lipinski definition) is 2. The zero-order valence-electron chi connectivity index (χ0n) is 12.2.